The average molecular weight is 216 g/mol. The summed E-state index contributed by atoms with van der Waals surface area (Å²) < 4.78 is 29.4. The van der Waals surface area contributed by atoms with Crippen molar-refractivity contribution in [1.29, 1.82) is 0 Å². The highest BCUT2D eigenvalue weighted by atomic mass is 35.5. The van der Waals surface area contributed by atoms with Gasteiger partial charge in [0, 0.05) is 12.5 Å². The number of nitrogens with one attached hydrogen (secondary N) is 1. The fraction of sp³-hybridized carbons (Fsp3) is 0.857. The van der Waals surface area contributed by atoms with Gasteiger partial charge in [-0.25, -0.2) is 8.78 Å². The van der Waals surface area contributed by atoms with E-state index in [1.165, 1.54) is 7.11 Å². The number of alkyl halides is 2. The molecule has 0 aromatic rings. The number of rotatable bonds is 2. The topological polar surface area (TPSA) is 38.3 Å². The lowest BCUT2D eigenvalue weighted by Gasteiger charge is -2.07. The van der Waals surface area contributed by atoms with Crippen LogP contribution in [0.5, 0.6) is 0 Å². The van der Waals surface area contributed by atoms with Gasteiger partial charge in [0.1, 0.15) is 0 Å². The second-order valence-electron chi connectivity index (χ2n) is 2.92. The zero-order valence-electron chi connectivity index (χ0n) is 7.18. The molecule has 0 unspecified atom stereocenters. The number of carbonyl (C=O) groups is 1. The van der Waals surface area contributed by atoms with E-state index in [0.717, 1.165) is 0 Å². The minimum atomic E-state index is -2.67. The van der Waals surface area contributed by atoms with Crippen LogP contribution in [-0.2, 0) is 9.53 Å². The first-order valence-corrected chi connectivity index (χ1v) is 3.71. The number of methoxy groups -OCH3 is 1. The van der Waals surface area contributed by atoms with Crippen LogP contribution in [-0.4, -0.2) is 31.6 Å². The van der Waals surface area contributed by atoms with Gasteiger partial charge in [-0.3, -0.25) is 4.79 Å². The van der Waals surface area contributed by atoms with Crippen molar-refractivity contribution in [3.05, 3.63) is 0 Å². The predicted molar refractivity (Wildman–Crippen MR) is 45.2 cm³/mol. The molecule has 1 atom stereocenters. The van der Waals surface area contributed by atoms with E-state index in [9.17, 15) is 13.6 Å². The van der Waals surface area contributed by atoms with Crippen LogP contribution < -0.4 is 5.32 Å². The molecule has 13 heavy (non-hydrogen) atoms. The van der Waals surface area contributed by atoms with Crippen LogP contribution in [0.15, 0.2) is 0 Å². The summed E-state index contributed by atoms with van der Waals surface area (Å²) in [4.78, 5) is 10.7. The van der Waals surface area contributed by atoms with E-state index in [1.54, 1.807) is 0 Å². The Balaban J connectivity index is 0.00000144. The average Bonchev–Trinajstić information content (AvgIpc) is 2.30. The fourth-order valence-electron chi connectivity index (χ4n) is 1.23. The SMILES string of the molecule is COC(=O)C[C@@H]1CC(F)(F)CN1.Cl. The van der Waals surface area contributed by atoms with Gasteiger partial charge < -0.3 is 10.1 Å². The van der Waals surface area contributed by atoms with Crippen molar-refractivity contribution in [2.45, 2.75) is 24.8 Å². The Kier molecular flexibility index (Phi) is 4.56. The first-order chi connectivity index (χ1) is 5.53. The van der Waals surface area contributed by atoms with E-state index in [1.807, 2.05) is 0 Å². The summed E-state index contributed by atoms with van der Waals surface area (Å²) in [7, 11) is 1.25. The molecule has 1 aliphatic rings. The van der Waals surface area contributed by atoms with Crippen LogP contribution in [0.3, 0.4) is 0 Å². The summed E-state index contributed by atoms with van der Waals surface area (Å²) in [5.41, 5.74) is 0. The van der Waals surface area contributed by atoms with Gasteiger partial charge in [-0.05, 0) is 0 Å². The maximum Gasteiger partial charge on any atom is 0.307 e. The molecule has 3 nitrogen and oxygen atoms in total. The van der Waals surface area contributed by atoms with Gasteiger partial charge >= 0.3 is 5.97 Å². The number of hydrogen-bond acceptors (Lipinski definition) is 3. The van der Waals surface area contributed by atoms with E-state index >= 15 is 0 Å². The second-order valence-corrected chi connectivity index (χ2v) is 2.92. The molecule has 1 aliphatic heterocycles. The molecule has 78 valence electrons. The Morgan fingerprint density at radius 3 is 2.69 bits per heavy atom. The molecular formula is C7H12ClF2NO2. The Morgan fingerprint density at radius 2 is 2.31 bits per heavy atom. The van der Waals surface area contributed by atoms with E-state index < -0.39 is 17.9 Å². The molecule has 0 bridgehead atoms. The lowest BCUT2D eigenvalue weighted by Crippen LogP contribution is -2.25. The largest absolute Gasteiger partial charge is 0.469 e. The third-order valence-corrected chi connectivity index (χ3v) is 1.84. The van der Waals surface area contributed by atoms with E-state index in [4.69, 9.17) is 0 Å². The van der Waals surface area contributed by atoms with Gasteiger partial charge in [0.2, 0.25) is 0 Å². The van der Waals surface area contributed by atoms with Gasteiger partial charge in [-0.1, -0.05) is 0 Å². The molecule has 0 aromatic carbocycles. The highest BCUT2D eigenvalue weighted by molar-refractivity contribution is 5.85. The normalized spacial score (nSPS) is 25.0. The lowest BCUT2D eigenvalue weighted by molar-refractivity contribution is -0.141. The summed E-state index contributed by atoms with van der Waals surface area (Å²) in [5, 5.41) is 2.56. The number of halogens is 3. The molecule has 6 heteroatoms. The van der Waals surface area contributed by atoms with Gasteiger partial charge in [0.05, 0.1) is 20.1 Å². The Hall–Kier alpha value is -0.420. The van der Waals surface area contributed by atoms with Crippen LogP contribution >= 0.6 is 12.4 Å². The maximum atomic E-state index is 12.5. The van der Waals surface area contributed by atoms with E-state index in [0.29, 0.717) is 0 Å². The van der Waals surface area contributed by atoms with Gasteiger partial charge in [0.15, 0.2) is 0 Å². The van der Waals surface area contributed by atoms with Crippen molar-refractivity contribution in [1.82, 2.24) is 5.32 Å². The Labute approximate surface area is 81.2 Å². The highest BCUT2D eigenvalue weighted by Crippen LogP contribution is 2.26. The van der Waals surface area contributed by atoms with Crippen LogP contribution in [0.1, 0.15) is 12.8 Å². The first kappa shape index (κ1) is 12.6. The van der Waals surface area contributed by atoms with Crippen molar-refractivity contribution >= 4 is 18.4 Å². The van der Waals surface area contributed by atoms with Crippen LogP contribution in [0.4, 0.5) is 8.78 Å². The molecule has 1 heterocycles. The zero-order chi connectivity index (χ0) is 9.19. The smallest absolute Gasteiger partial charge is 0.307 e. The van der Waals surface area contributed by atoms with Gasteiger partial charge in [0.25, 0.3) is 5.92 Å². The Morgan fingerprint density at radius 1 is 1.69 bits per heavy atom. The summed E-state index contributed by atoms with van der Waals surface area (Å²) in [6.07, 6.45) is -0.256. The number of hydrogen-bond donors (Lipinski definition) is 1. The second kappa shape index (κ2) is 4.72. The molecular weight excluding hydrogens is 204 g/mol. The summed E-state index contributed by atoms with van der Waals surface area (Å²) in [6, 6.07) is -0.438. The number of esters is 1. The molecule has 1 N–H and O–H groups in total. The van der Waals surface area contributed by atoms with E-state index in [-0.39, 0.29) is 31.8 Å². The summed E-state index contributed by atoms with van der Waals surface area (Å²) >= 11 is 0. The molecule has 1 rings (SSSR count). The van der Waals surface area contributed by atoms with Crippen molar-refractivity contribution in [3.8, 4) is 0 Å². The first-order valence-electron chi connectivity index (χ1n) is 3.71. The van der Waals surface area contributed by atoms with Crippen molar-refractivity contribution < 1.29 is 18.3 Å². The lowest BCUT2D eigenvalue weighted by atomic mass is 10.1. The molecule has 1 saturated heterocycles. The molecule has 0 amide bonds. The molecule has 0 radical (unpaired) electrons. The Bertz CT molecular complexity index is 189. The van der Waals surface area contributed by atoms with Crippen molar-refractivity contribution in [2.75, 3.05) is 13.7 Å². The summed E-state index contributed by atoms with van der Waals surface area (Å²) in [5.74, 6) is -3.12. The standard InChI is InChI=1S/C7H11F2NO2.ClH/c1-12-6(11)2-5-3-7(8,9)4-10-5;/h5,10H,2-4H2,1H3;1H/t5-;/m1./s1. The van der Waals surface area contributed by atoms with Gasteiger partial charge in [-0.15, -0.1) is 12.4 Å². The van der Waals surface area contributed by atoms with Crippen molar-refractivity contribution in [2.24, 2.45) is 0 Å². The molecule has 0 saturated carbocycles. The highest BCUT2D eigenvalue weighted by Gasteiger charge is 2.39. The quantitative estimate of drug-likeness (QED) is 0.698. The summed E-state index contributed by atoms with van der Waals surface area (Å²) in [6.45, 7) is -0.339. The minimum Gasteiger partial charge on any atom is -0.469 e. The molecule has 0 spiro atoms. The van der Waals surface area contributed by atoms with Crippen LogP contribution in [0.25, 0.3) is 0 Å². The van der Waals surface area contributed by atoms with Gasteiger partial charge in [-0.2, -0.15) is 0 Å². The van der Waals surface area contributed by atoms with Crippen LogP contribution in [0.2, 0.25) is 0 Å². The fourth-order valence-corrected chi connectivity index (χ4v) is 1.23. The maximum absolute atomic E-state index is 12.5. The number of carbonyl (C=O) groups excluding carboxylic acids is 1. The molecule has 0 aromatic heterocycles. The third kappa shape index (κ3) is 3.87. The molecule has 1 fully saturated rings. The predicted octanol–water partition coefficient (Wildman–Crippen LogP) is 0.968. The monoisotopic (exact) mass is 215 g/mol. The zero-order valence-corrected chi connectivity index (χ0v) is 8.00. The minimum absolute atomic E-state index is 0. The number of ether oxygens (including phenoxy) is 1. The molecule has 0 aliphatic carbocycles. The van der Waals surface area contributed by atoms with Crippen LogP contribution in [0, 0.1) is 0 Å². The third-order valence-electron chi connectivity index (χ3n) is 1.84. The van der Waals surface area contributed by atoms with E-state index in [2.05, 4.69) is 10.1 Å². The van der Waals surface area contributed by atoms with Crippen molar-refractivity contribution in [3.63, 3.8) is 0 Å².